The smallest absolute Gasteiger partial charge is 0.273 e. The third-order valence-corrected chi connectivity index (χ3v) is 6.85. The molecule has 0 spiro atoms. The number of carbonyl (C=O) groups is 1. The summed E-state index contributed by atoms with van der Waals surface area (Å²) in [5, 5.41) is 11.2. The third kappa shape index (κ3) is 3.77. The Hall–Kier alpha value is -3.19. The van der Waals surface area contributed by atoms with Crippen molar-refractivity contribution in [1.29, 1.82) is 0 Å². The molecule has 2 heterocycles. The lowest BCUT2D eigenvalue weighted by Gasteiger charge is -2.45. The first-order valence-corrected chi connectivity index (χ1v) is 11.4. The normalized spacial score (nSPS) is 19.9. The molecule has 1 saturated heterocycles. The molecule has 32 heavy (non-hydrogen) atoms. The minimum atomic E-state index is -0.119. The van der Waals surface area contributed by atoms with Crippen LogP contribution in [0.3, 0.4) is 0 Å². The van der Waals surface area contributed by atoms with Gasteiger partial charge in [-0.2, -0.15) is 0 Å². The van der Waals surface area contributed by atoms with Gasteiger partial charge < -0.3 is 10.1 Å². The number of nitrogens with one attached hydrogen (secondary N) is 1. The second-order valence-corrected chi connectivity index (χ2v) is 9.22. The maximum atomic E-state index is 12.5. The molecule has 7 heteroatoms. The summed E-state index contributed by atoms with van der Waals surface area (Å²) in [4.78, 5) is 15.0. The van der Waals surface area contributed by atoms with Crippen molar-refractivity contribution in [2.45, 2.75) is 49.9 Å². The molecule has 0 bridgehead atoms. The van der Waals surface area contributed by atoms with Gasteiger partial charge in [-0.1, -0.05) is 47.7 Å². The average molecular weight is 430 g/mol. The predicted molar refractivity (Wildman–Crippen MR) is 119 cm³/mol. The van der Waals surface area contributed by atoms with Gasteiger partial charge in [0.15, 0.2) is 5.69 Å². The summed E-state index contributed by atoms with van der Waals surface area (Å²) in [6, 6.07) is 19.3. The Morgan fingerprint density at radius 3 is 2.50 bits per heavy atom. The summed E-state index contributed by atoms with van der Waals surface area (Å²) in [5.74, 6) is 0.771. The second-order valence-electron chi connectivity index (χ2n) is 9.22. The number of amides is 1. The van der Waals surface area contributed by atoms with Gasteiger partial charge in [-0.3, -0.25) is 9.69 Å². The van der Waals surface area contributed by atoms with Crippen LogP contribution in [0.15, 0.2) is 60.8 Å². The number of ether oxygens (including phenoxy) is 1. The highest BCUT2D eigenvalue weighted by molar-refractivity contribution is 5.92. The molecule has 1 amide bonds. The molecule has 0 radical (unpaired) electrons. The van der Waals surface area contributed by atoms with Crippen LogP contribution in [-0.4, -0.2) is 44.9 Å². The van der Waals surface area contributed by atoms with Gasteiger partial charge in [-0.15, -0.1) is 5.10 Å². The highest BCUT2D eigenvalue weighted by atomic mass is 16.5. The Morgan fingerprint density at radius 2 is 1.81 bits per heavy atom. The number of hydrogen-bond acceptors (Lipinski definition) is 5. The molecule has 3 aromatic rings. The van der Waals surface area contributed by atoms with Gasteiger partial charge in [0.25, 0.3) is 5.91 Å². The Bertz CT molecular complexity index is 1100. The standard InChI is InChI=1S/C25H27N5O2/c31-24(23-16-30(28-27-23)21-8-9-21)26-20-14-29(15-20)25(12-13-25)19-6-10-22(11-7-19)32-17-18-4-2-1-3-5-18/h1-7,10-11,16,20-21H,8-9,12-15,17H2,(H,26,31). The van der Waals surface area contributed by atoms with E-state index in [1.54, 1.807) is 6.20 Å². The molecule has 0 atom stereocenters. The fourth-order valence-corrected chi connectivity index (χ4v) is 4.59. The molecule has 1 aromatic heterocycles. The van der Waals surface area contributed by atoms with Crippen molar-refractivity contribution < 1.29 is 9.53 Å². The number of rotatable bonds is 8. The zero-order valence-electron chi connectivity index (χ0n) is 18.0. The van der Waals surface area contributed by atoms with Crippen molar-refractivity contribution in [3.8, 4) is 5.75 Å². The van der Waals surface area contributed by atoms with Gasteiger partial charge >= 0.3 is 0 Å². The molecule has 3 aliphatic rings. The first kappa shape index (κ1) is 19.5. The molecule has 164 valence electrons. The van der Waals surface area contributed by atoms with E-state index in [0.29, 0.717) is 18.3 Å². The molecule has 2 aromatic carbocycles. The number of carbonyl (C=O) groups excluding carboxylic acids is 1. The van der Waals surface area contributed by atoms with E-state index in [9.17, 15) is 4.79 Å². The molecule has 2 saturated carbocycles. The summed E-state index contributed by atoms with van der Waals surface area (Å²) in [6.45, 7) is 2.32. The SMILES string of the molecule is O=C(NC1CN(C2(c3ccc(OCc4ccccc4)cc3)CC2)C1)c1cn(C2CC2)nn1. The van der Waals surface area contributed by atoms with E-state index in [0.717, 1.165) is 44.5 Å². The van der Waals surface area contributed by atoms with Gasteiger partial charge in [0.05, 0.1) is 18.3 Å². The van der Waals surface area contributed by atoms with E-state index in [2.05, 4.69) is 56.9 Å². The number of likely N-dealkylation sites (tertiary alicyclic amines) is 1. The molecule has 0 unspecified atom stereocenters. The van der Waals surface area contributed by atoms with Crippen LogP contribution < -0.4 is 10.1 Å². The maximum Gasteiger partial charge on any atom is 0.273 e. The zero-order chi connectivity index (χ0) is 21.5. The molecular weight excluding hydrogens is 402 g/mol. The summed E-state index contributed by atoms with van der Waals surface area (Å²) < 4.78 is 7.74. The lowest BCUT2D eigenvalue weighted by Crippen LogP contribution is -2.62. The van der Waals surface area contributed by atoms with Crippen LogP contribution in [0.4, 0.5) is 0 Å². The molecule has 2 aliphatic carbocycles. The van der Waals surface area contributed by atoms with Crippen molar-refractivity contribution in [3.63, 3.8) is 0 Å². The van der Waals surface area contributed by atoms with Crippen LogP contribution >= 0.6 is 0 Å². The Labute approximate surface area is 187 Å². The van der Waals surface area contributed by atoms with E-state index in [1.807, 2.05) is 22.9 Å². The molecular formula is C25H27N5O2. The highest BCUT2D eigenvalue weighted by Gasteiger charge is 2.53. The monoisotopic (exact) mass is 429 g/mol. The minimum Gasteiger partial charge on any atom is -0.489 e. The van der Waals surface area contributed by atoms with E-state index < -0.39 is 0 Å². The highest BCUT2D eigenvalue weighted by Crippen LogP contribution is 2.53. The first-order chi connectivity index (χ1) is 15.7. The Kier molecular flexibility index (Phi) is 4.72. The van der Waals surface area contributed by atoms with Gasteiger partial charge in [-0.05, 0) is 48.9 Å². The van der Waals surface area contributed by atoms with Crippen LogP contribution in [0, 0.1) is 0 Å². The van der Waals surface area contributed by atoms with Crippen molar-refractivity contribution in [3.05, 3.63) is 77.6 Å². The molecule has 1 aliphatic heterocycles. The van der Waals surface area contributed by atoms with Gasteiger partial charge in [-0.25, -0.2) is 4.68 Å². The maximum absolute atomic E-state index is 12.5. The predicted octanol–water partition coefficient (Wildman–Crippen LogP) is 3.30. The van der Waals surface area contributed by atoms with Crippen LogP contribution in [0.1, 0.15) is 53.3 Å². The molecule has 3 fully saturated rings. The molecule has 1 N–H and O–H groups in total. The van der Waals surface area contributed by atoms with Gasteiger partial charge in [0.1, 0.15) is 12.4 Å². The fourth-order valence-electron chi connectivity index (χ4n) is 4.59. The lowest BCUT2D eigenvalue weighted by molar-refractivity contribution is 0.0526. The number of hydrogen-bond donors (Lipinski definition) is 1. The number of nitrogens with zero attached hydrogens (tertiary/aromatic N) is 4. The van der Waals surface area contributed by atoms with E-state index in [4.69, 9.17) is 4.74 Å². The van der Waals surface area contributed by atoms with Gasteiger partial charge in [0.2, 0.25) is 0 Å². The summed E-state index contributed by atoms with van der Waals surface area (Å²) in [6.07, 6.45) is 6.35. The number of aromatic nitrogens is 3. The van der Waals surface area contributed by atoms with Crippen LogP contribution in [0.2, 0.25) is 0 Å². The van der Waals surface area contributed by atoms with Crippen molar-refractivity contribution in [2.24, 2.45) is 0 Å². The minimum absolute atomic E-state index is 0.119. The summed E-state index contributed by atoms with van der Waals surface area (Å²) >= 11 is 0. The van der Waals surface area contributed by atoms with E-state index >= 15 is 0 Å². The third-order valence-electron chi connectivity index (χ3n) is 6.85. The van der Waals surface area contributed by atoms with E-state index in [1.165, 1.54) is 11.1 Å². The second kappa shape index (κ2) is 7.74. The number of benzene rings is 2. The van der Waals surface area contributed by atoms with Crippen molar-refractivity contribution in [2.75, 3.05) is 13.1 Å². The van der Waals surface area contributed by atoms with Crippen molar-refractivity contribution in [1.82, 2.24) is 25.2 Å². The average Bonchev–Trinajstić information content (AvgIpc) is 3.74. The lowest BCUT2D eigenvalue weighted by atomic mass is 9.96. The van der Waals surface area contributed by atoms with Crippen LogP contribution in [-0.2, 0) is 12.1 Å². The molecule has 6 rings (SSSR count). The van der Waals surface area contributed by atoms with Crippen molar-refractivity contribution >= 4 is 5.91 Å². The summed E-state index contributed by atoms with van der Waals surface area (Å²) in [5.41, 5.74) is 3.04. The quantitative estimate of drug-likeness (QED) is 0.595. The Balaban J connectivity index is 1.02. The zero-order valence-corrected chi connectivity index (χ0v) is 18.0. The van der Waals surface area contributed by atoms with Crippen LogP contribution in [0.5, 0.6) is 5.75 Å². The van der Waals surface area contributed by atoms with E-state index in [-0.39, 0.29) is 17.5 Å². The van der Waals surface area contributed by atoms with Gasteiger partial charge in [0, 0.05) is 18.6 Å². The summed E-state index contributed by atoms with van der Waals surface area (Å²) in [7, 11) is 0. The fraction of sp³-hybridized carbons (Fsp3) is 0.400. The van der Waals surface area contributed by atoms with Crippen LogP contribution in [0.25, 0.3) is 0 Å². The Morgan fingerprint density at radius 1 is 1.06 bits per heavy atom. The largest absolute Gasteiger partial charge is 0.489 e. The topological polar surface area (TPSA) is 72.3 Å². The first-order valence-electron chi connectivity index (χ1n) is 11.4. The molecule has 7 nitrogen and oxygen atoms in total.